The van der Waals surface area contributed by atoms with Gasteiger partial charge in [-0.25, -0.2) is 9.97 Å². The molecule has 1 saturated carbocycles. The Bertz CT molecular complexity index is 1130. The van der Waals surface area contributed by atoms with Crippen LogP contribution >= 0.6 is 11.6 Å². The molecule has 7 nitrogen and oxygen atoms in total. The molecular formula is C26H33ClN6O. The van der Waals surface area contributed by atoms with Gasteiger partial charge in [0, 0.05) is 62.2 Å². The molecule has 2 fully saturated rings. The molecule has 1 aliphatic carbocycles. The number of hydrogen-bond donors (Lipinski definition) is 1. The van der Waals surface area contributed by atoms with Crippen molar-refractivity contribution in [3.05, 3.63) is 53.4 Å². The summed E-state index contributed by atoms with van der Waals surface area (Å²) in [6, 6.07) is 7.44. The Hall–Kier alpha value is -2.48. The van der Waals surface area contributed by atoms with Crippen molar-refractivity contribution in [3.8, 4) is 5.95 Å². The van der Waals surface area contributed by atoms with Gasteiger partial charge < -0.3 is 10.2 Å². The lowest BCUT2D eigenvalue weighted by Gasteiger charge is -2.50. The molecule has 34 heavy (non-hydrogen) atoms. The average Bonchev–Trinajstić information content (AvgIpc) is 3.30. The maximum absolute atomic E-state index is 13.6. The molecule has 2 aromatic heterocycles. The summed E-state index contributed by atoms with van der Waals surface area (Å²) in [7, 11) is 0. The van der Waals surface area contributed by atoms with Crippen LogP contribution in [0, 0.1) is 0 Å². The van der Waals surface area contributed by atoms with Crippen LogP contribution < -0.4 is 5.32 Å². The molecule has 1 saturated heterocycles. The molecule has 1 N–H and O–H groups in total. The zero-order valence-corrected chi connectivity index (χ0v) is 20.6. The van der Waals surface area contributed by atoms with Crippen molar-refractivity contribution in [1.29, 1.82) is 0 Å². The fourth-order valence-corrected chi connectivity index (χ4v) is 5.96. The number of likely N-dealkylation sites (N-methyl/N-ethyl adjacent to an activating group) is 1. The van der Waals surface area contributed by atoms with Gasteiger partial charge in [0.25, 0.3) is 5.91 Å². The third-order valence-corrected chi connectivity index (χ3v) is 7.96. The van der Waals surface area contributed by atoms with Crippen molar-refractivity contribution in [2.45, 2.75) is 44.6 Å². The molecule has 5 rings (SSSR count). The molecule has 0 spiro atoms. The van der Waals surface area contributed by atoms with E-state index < -0.39 is 0 Å². The summed E-state index contributed by atoms with van der Waals surface area (Å²) in [4.78, 5) is 27.5. The molecule has 8 heteroatoms. The van der Waals surface area contributed by atoms with Gasteiger partial charge in [-0.05, 0) is 37.6 Å². The number of carbonyl (C=O) groups excluding carboxylic acids is 1. The van der Waals surface area contributed by atoms with Gasteiger partial charge in [-0.2, -0.15) is 0 Å². The Labute approximate surface area is 206 Å². The van der Waals surface area contributed by atoms with E-state index in [4.69, 9.17) is 11.6 Å². The van der Waals surface area contributed by atoms with Gasteiger partial charge in [0.15, 0.2) is 0 Å². The number of nitrogens with one attached hydrogen (secondary N) is 1. The van der Waals surface area contributed by atoms with Gasteiger partial charge in [-0.1, -0.05) is 43.9 Å². The first-order valence-corrected chi connectivity index (χ1v) is 12.8. The molecule has 3 heterocycles. The Morgan fingerprint density at radius 1 is 1.06 bits per heavy atom. The standard InChI is InChI=1S/C26H33ClN6O/c1-2-31-14-16-32(17-15-31)26(10-4-3-5-11-26)19-30-24(34)20-18-33(25-28-12-7-13-29-25)22-9-6-8-21(27)23(20)22/h6-9,12-13,18H,2-5,10-11,14-17,19H2,1H3,(H,30,34). The number of nitrogens with zero attached hydrogens (tertiary/aromatic N) is 5. The summed E-state index contributed by atoms with van der Waals surface area (Å²) in [5.74, 6) is 0.427. The van der Waals surface area contributed by atoms with E-state index >= 15 is 0 Å². The maximum Gasteiger partial charge on any atom is 0.253 e. The van der Waals surface area contributed by atoms with Crippen LogP contribution in [0.5, 0.6) is 0 Å². The zero-order valence-electron chi connectivity index (χ0n) is 19.8. The number of halogens is 1. The number of rotatable bonds is 6. The van der Waals surface area contributed by atoms with Crippen LogP contribution in [-0.2, 0) is 0 Å². The van der Waals surface area contributed by atoms with Gasteiger partial charge >= 0.3 is 0 Å². The van der Waals surface area contributed by atoms with Crippen LogP contribution in [0.2, 0.25) is 5.02 Å². The maximum atomic E-state index is 13.6. The average molecular weight is 481 g/mol. The second kappa shape index (κ2) is 10.0. The van der Waals surface area contributed by atoms with Gasteiger partial charge in [0.1, 0.15) is 0 Å². The van der Waals surface area contributed by atoms with Crippen molar-refractivity contribution in [1.82, 2.24) is 29.7 Å². The first-order valence-electron chi connectivity index (χ1n) is 12.4. The normalized spacial score (nSPS) is 19.4. The van der Waals surface area contributed by atoms with Crippen LogP contribution in [-0.4, -0.2) is 75.0 Å². The molecule has 0 radical (unpaired) electrons. The Morgan fingerprint density at radius 2 is 1.79 bits per heavy atom. The molecule has 1 amide bonds. The molecule has 3 aromatic rings. The number of benzene rings is 1. The summed E-state index contributed by atoms with van der Waals surface area (Å²) in [5, 5.41) is 4.60. The van der Waals surface area contributed by atoms with Crippen molar-refractivity contribution in [2.75, 3.05) is 39.3 Å². The summed E-state index contributed by atoms with van der Waals surface area (Å²) < 4.78 is 1.84. The quantitative estimate of drug-likeness (QED) is 0.574. The zero-order chi connectivity index (χ0) is 23.5. The third-order valence-electron chi connectivity index (χ3n) is 7.64. The first-order chi connectivity index (χ1) is 16.6. The lowest BCUT2D eigenvalue weighted by atomic mass is 9.79. The molecule has 0 unspecified atom stereocenters. The summed E-state index contributed by atoms with van der Waals surface area (Å²) in [6.07, 6.45) is 11.2. The highest BCUT2D eigenvalue weighted by Crippen LogP contribution is 2.35. The summed E-state index contributed by atoms with van der Waals surface area (Å²) >= 11 is 6.59. The van der Waals surface area contributed by atoms with Gasteiger partial charge in [-0.15, -0.1) is 0 Å². The van der Waals surface area contributed by atoms with E-state index in [1.54, 1.807) is 18.5 Å². The number of amides is 1. The van der Waals surface area contributed by atoms with E-state index in [2.05, 4.69) is 32.0 Å². The van der Waals surface area contributed by atoms with E-state index in [-0.39, 0.29) is 11.4 Å². The van der Waals surface area contributed by atoms with Gasteiger partial charge in [-0.3, -0.25) is 14.3 Å². The van der Waals surface area contributed by atoms with Gasteiger partial charge in [0.2, 0.25) is 5.95 Å². The molecule has 2 aliphatic rings. The lowest BCUT2D eigenvalue weighted by Crippen LogP contribution is -2.61. The highest BCUT2D eigenvalue weighted by Gasteiger charge is 2.39. The minimum absolute atomic E-state index is 0.0401. The van der Waals surface area contributed by atoms with Crippen molar-refractivity contribution in [2.24, 2.45) is 0 Å². The van der Waals surface area contributed by atoms with Crippen LogP contribution in [0.4, 0.5) is 0 Å². The van der Waals surface area contributed by atoms with E-state index in [1.807, 2.05) is 29.0 Å². The highest BCUT2D eigenvalue weighted by atomic mass is 35.5. The number of aromatic nitrogens is 3. The Balaban J connectivity index is 1.41. The van der Waals surface area contributed by atoms with Crippen molar-refractivity contribution < 1.29 is 4.79 Å². The fourth-order valence-electron chi connectivity index (χ4n) is 5.69. The first kappa shape index (κ1) is 23.3. The van der Waals surface area contributed by atoms with Crippen LogP contribution in [0.15, 0.2) is 42.9 Å². The molecular weight excluding hydrogens is 448 g/mol. The minimum atomic E-state index is -0.0927. The predicted octanol–water partition coefficient (Wildman–Crippen LogP) is 4.14. The minimum Gasteiger partial charge on any atom is -0.350 e. The molecule has 1 aliphatic heterocycles. The monoisotopic (exact) mass is 480 g/mol. The molecule has 1 aromatic carbocycles. The second-order valence-corrected chi connectivity index (χ2v) is 9.89. The van der Waals surface area contributed by atoms with Crippen LogP contribution in [0.25, 0.3) is 16.9 Å². The van der Waals surface area contributed by atoms with E-state index in [9.17, 15) is 4.79 Å². The molecule has 0 atom stereocenters. The number of piperazine rings is 1. The van der Waals surface area contributed by atoms with Crippen molar-refractivity contribution >= 4 is 28.4 Å². The summed E-state index contributed by atoms with van der Waals surface area (Å²) in [6.45, 7) is 8.35. The van der Waals surface area contributed by atoms with Gasteiger partial charge in [0.05, 0.1) is 16.1 Å². The molecule has 0 bridgehead atoms. The third kappa shape index (κ3) is 4.44. The number of carbonyl (C=O) groups is 1. The topological polar surface area (TPSA) is 66.3 Å². The number of fused-ring (bicyclic) bond motifs is 1. The van der Waals surface area contributed by atoms with Crippen LogP contribution in [0.1, 0.15) is 49.4 Å². The number of hydrogen-bond acceptors (Lipinski definition) is 5. The lowest BCUT2D eigenvalue weighted by molar-refractivity contribution is 0.00925. The Kier molecular flexibility index (Phi) is 6.86. The molecule has 180 valence electrons. The SMILES string of the molecule is CCN1CCN(C2(CNC(=O)c3cn(-c4ncccn4)c4cccc(Cl)c34)CCCCC2)CC1. The smallest absolute Gasteiger partial charge is 0.253 e. The van der Waals surface area contributed by atoms with Crippen LogP contribution in [0.3, 0.4) is 0 Å². The summed E-state index contributed by atoms with van der Waals surface area (Å²) in [5.41, 5.74) is 1.43. The highest BCUT2D eigenvalue weighted by molar-refractivity contribution is 6.37. The van der Waals surface area contributed by atoms with Crippen molar-refractivity contribution in [3.63, 3.8) is 0 Å². The van der Waals surface area contributed by atoms with E-state index in [0.29, 0.717) is 23.1 Å². The van der Waals surface area contributed by atoms with E-state index in [0.717, 1.165) is 56.5 Å². The Morgan fingerprint density at radius 3 is 2.50 bits per heavy atom. The predicted molar refractivity (Wildman–Crippen MR) is 136 cm³/mol. The van der Waals surface area contributed by atoms with E-state index in [1.165, 1.54) is 19.3 Å². The fraction of sp³-hybridized carbons (Fsp3) is 0.500. The largest absolute Gasteiger partial charge is 0.350 e. The second-order valence-electron chi connectivity index (χ2n) is 9.48.